The van der Waals surface area contributed by atoms with Gasteiger partial charge in [-0.15, -0.1) is 0 Å². The summed E-state index contributed by atoms with van der Waals surface area (Å²) in [5.41, 5.74) is 1.44. The van der Waals surface area contributed by atoms with Crippen molar-refractivity contribution in [3.63, 3.8) is 0 Å². The Balaban J connectivity index is 2.29. The lowest BCUT2D eigenvalue weighted by Gasteiger charge is -2.30. The molecule has 0 aliphatic heterocycles. The Morgan fingerprint density at radius 1 is 1.03 bits per heavy atom. The standard InChI is InChI=1S/C22H26Cl2N2O3/c1-14(2)25-22(28)15(3)26(13-18-19(23)6-5-7-20(18)24)21(27)12-16-8-10-17(29-4)11-9-16/h5-11,14-15H,12-13H2,1-4H3,(H,25,28)/t15-/m0/s1. The highest BCUT2D eigenvalue weighted by Gasteiger charge is 2.27. The van der Waals surface area contributed by atoms with Crippen molar-refractivity contribution in [2.24, 2.45) is 0 Å². The van der Waals surface area contributed by atoms with Crippen LogP contribution in [0.2, 0.25) is 10.0 Å². The summed E-state index contributed by atoms with van der Waals surface area (Å²) >= 11 is 12.6. The molecule has 0 heterocycles. The second-order valence-corrected chi connectivity index (χ2v) is 7.90. The van der Waals surface area contributed by atoms with E-state index in [1.807, 2.05) is 26.0 Å². The molecule has 1 N–H and O–H groups in total. The molecule has 7 heteroatoms. The maximum absolute atomic E-state index is 13.2. The zero-order valence-corrected chi connectivity index (χ0v) is 18.6. The van der Waals surface area contributed by atoms with E-state index >= 15 is 0 Å². The number of benzene rings is 2. The van der Waals surface area contributed by atoms with Crippen molar-refractivity contribution in [2.45, 2.75) is 45.8 Å². The molecule has 5 nitrogen and oxygen atoms in total. The molecular weight excluding hydrogens is 411 g/mol. The van der Waals surface area contributed by atoms with Crippen molar-refractivity contribution in [2.75, 3.05) is 7.11 Å². The number of nitrogens with one attached hydrogen (secondary N) is 1. The van der Waals surface area contributed by atoms with Gasteiger partial charge in [-0.3, -0.25) is 9.59 Å². The molecule has 2 aromatic rings. The maximum Gasteiger partial charge on any atom is 0.242 e. The third kappa shape index (κ3) is 6.38. The number of carbonyl (C=O) groups is 2. The highest BCUT2D eigenvalue weighted by Crippen LogP contribution is 2.27. The van der Waals surface area contributed by atoms with Crippen molar-refractivity contribution in [1.82, 2.24) is 10.2 Å². The molecule has 1 atom stereocenters. The number of hydrogen-bond acceptors (Lipinski definition) is 3. The molecule has 0 radical (unpaired) electrons. The van der Waals surface area contributed by atoms with Crippen molar-refractivity contribution >= 4 is 35.0 Å². The van der Waals surface area contributed by atoms with E-state index in [1.165, 1.54) is 4.90 Å². The van der Waals surface area contributed by atoms with Crippen LogP contribution in [0.15, 0.2) is 42.5 Å². The van der Waals surface area contributed by atoms with Gasteiger partial charge in [0.1, 0.15) is 11.8 Å². The van der Waals surface area contributed by atoms with Gasteiger partial charge >= 0.3 is 0 Å². The van der Waals surface area contributed by atoms with Crippen LogP contribution >= 0.6 is 23.2 Å². The van der Waals surface area contributed by atoms with Crippen molar-refractivity contribution in [3.8, 4) is 5.75 Å². The molecule has 0 aliphatic carbocycles. The summed E-state index contributed by atoms with van der Waals surface area (Å²) in [5.74, 6) is 0.286. The lowest BCUT2D eigenvalue weighted by Crippen LogP contribution is -2.49. The molecule has 0 saturated carbocycles. The largest absolute Gasteiger partial charge is 0.497 e. The van der Waals surface area contributed by atoms with E-state index in [0.29, 0.717) is 21.4 Å². The highest BCUT2D eigenvalue weighted by atomic mass is 35.5. The fraction of sp³-hybridized carbons (Fsp3) is 0.364. The summed E-state index contributed by atoms with van der Waals surface area (Å²) < 4.78 is 5.16. The lowest BCUT2D eigenvalue weighted by atomic mass is 10.1. The molecule has 0 unspecified atom stereocenters. The van der Waals surface area contributed by atoms with E-state index in [0.717, 1.165) is 5.56 Å². The second kappa shape index (κ2) is 10.5. The average molecular weight is 437 g/mol. The predicted octanol–water partition coefficient (Wildman–Crippen LogP) is 4.49. The average Bonchev–Trinajstić information content (AvgIpc) is 2.67. The summed E-state index contributed by atoms with van der Waals surface area (Å²) in [7, 11) is 1.59. The van der Waals surface area contributed by atoms with E-state index in [9.17, 15) is 9.59 Å². The monoisotopic (exact) mass is 436 g/mol. The van der Waals surface area contributed by atoms with Crippen LogP contribution in [0.3, 0.4) is 0 Å². The van der Waals surface area contributed by atoms with E-state index in [-0.39, 0.29) is 30.8 Å². The SMILES string of the molecule is COc1ccc(CC(=O)N(Cc2c(Cl)cccc2Cl)[C@@H](C)C(=O)NC(C)C)cc1. The van der Waals surface area contributed by atoms with Gasteiger partial charge in [-0.05, 0) is 50.6 Å². The second-order valence-electron chi connectivity index (χ2n) is 7.09. The third-order valence-electron chi connectivity index (χ3n) is 4.50. The quantitative estimate of drug-likeness (QED) is 0.662. The van der Waals surface area contributed by atoms with Crippen LogP contribution in [0.4, 0.5) is 0 Å². The van der Waals surface area contributed by atoms with Crippen LogP contribution in [0.1, 0.15) is 31.9 Å². The Morgan fingerprint density at radius 2 is 1.62 bits per heavy atom. The molecule has 0 spiro atoms. The molecule has 0 aliphatic rings. The first-order valence-electron chi connectivity index (χ1n) is 9.38. The molecule has 0 bridgehead atoms. The van der Waals surface area contributed by atoms with Crippen LogP contribution in [-0.4, -0.2) is 35.9 Å². The first-order valence-corrected chi connectivity index (χ1v) is 10.1. The number of amides is 2. The van der Waals surface area contributed by atoms with Gasteiger partial charge in [-0.25, -0.2) is 0 Å². The summed E-state index contributed by atoms with van der Waals surface area (Å²) in [6.07, 6.45) is 0.144. The lowest BCUT2D eigenvalue weighted by molar-refractivity contribution is -0.140. The molecule has 2 rings (SSSR count). The number of nitrogens with zero attached hydrogens (tertiary/aromatic N) is 1. The Morgan fingerprint density at radius 3 is 2.14 bits per heavy atom. The Kier molecular flexibility index (Phi) is 8.35. The van der Waals surface area contributed by atoms with Crippen molar-refractivity contribution < 1.29 is 14.3 Å². The fourth-order valence-corrected chi connectivity index (χ4v) is 3.38. The maximum atomic E-state index is 13.2. The molecule has 0 saturated heterocycles. The topological polar surface area (TPSA) is 58.6 Å². The summed E-state index contributed by atoms with van der Waals surface area (Å²) in [6.45, 7) is 5.59. The normalized spacial score (nSPS) is 11.8. The third-order valence-corrected chi connectivity index (χ3v) is 5.21. The minimum Gasteiger partial charge on any atom is -0.497 e. The van der Waals surface area contributed by atoms with Gasteiger partial charge in [0.2, 0.25) is 11.8 Å². The minimum atomic E-state index is -0.685. The number of methoxy groups -OCH3 is 1. The Hall–Kier alpha value is -2.24. The van der Waals surface area contributed by atoms with Gasteiger partial charge in [-0.2, -0.15) is 0 Å². The van der Waals surface area contributed by atoms with Crippen LogP contribution in [0, 0.1) is 0 Å². The van der Waals surface area contributed by atoms with E-state index in [2.05, 4.69) is 5.32 Å². The first-order chi connectivity index (χ1) is 13.7. The molecule has 2 amide bonds. The van der Waals surface area contributed by atoms with Gasteiger partial charge in [0.05, 0.1) is 13.5 Å². The number of carbonyl (C=O) groups excluding carboxylic acids is 2. The van der Waals surface area contributed by atoms with Gasteiger partial charge in [0, 0.05) is 28.2 Å². The molecule has 0 aromatic heterocycles. The number of ether oxygens (including phenoxy) is 1. The number of rotatable bonds is 8. The van der Waals surface area contributed by atoms with Crippen molar-refractivity contribution in [3.05, 3.63) is 63.6 Å². The van der Waals surface area contributed by atoms with Crippen LogP contribution in [0.25, 0.3) is 0 Å². The van der Waals surface area contributed by atoms with Crippen molar-refractivity contribution in [1.29, 1.82) is 0 Å². The fourth-order valence-electron chi connectivity index (χ4n) is 2.86. The van der Waals surface area contributed by atoms with E-state index in [1.54, 1.807) is 44.4 Å². The molecular formula is C22H26Cl2N2O3. The first kappa shape index (κ1) is 23.0. The summed E-state index contributed by atoms with van der Waals surface area (Å²) in [6, 6.07) is 11.7. The van der Waals surface area contributed by atoms with Gasteiger partial charge in [0.15, 0.2) is 0 Å². The van der Waals surface area contributed by atoms with E-state index < -0.39 is 6.04 Å². The van der Waals surface area contributed by atoms with Crippen LogP contribution < -0.4 is 10.1 Å². The molecule has 156 valence electrons. The molecule has 2 aromatic carbocycles. The summed E-state index contributed by atoms with van der Waals surface area (Å²) in [5, 5.41) is 3.77. The highest BCUT2D eigenvalue weighted by molar-refractivity contribution is 6.36. The predicted molar refractivity (Wildman–Crippen MR) is 116 cm³/mol. The zero-order chi connectivity index (χ0) is 21.6. The number of halogens is 2. The van der Waals surface area contributed by atoms with Crippen LogP contribution in [0.5, 0.6) is 5.75 Å². The Labute approximate surface area is 181 Å². The molecule has 29 heavy (non-hydrogen) atoms. The van der Waals surface area contributed by atoms with E-state index in [4.69, 9.17) is 27.9 Å². The zero-order valence-electron chi connectivity index (χ0n) is 17.0. The number of hydrogen-bond donors (Lipinski definition) is 1. The van der Waals surface area contributed by atoms with Gasteiger partial charge < -0.3 is 15.0 Å². The summed E-state index contributed by atoms with van der Waals surface area (Å²) in [4.78, 5) is 27.3. The van der Waals surface area contributed by atoms with Crippen LogP contribution in [-0.2, 0) is 22.6 Å². The minimum absolute atomic E-state index is 0.0348. The smallest absolute Gasteiger partial charge is 0.242 e. The van der Waals surface area contributed by atoms with Gasteiger partial charge in [-0.1, -0.05) is 41.4 Å². The Bertz CT molecular complexity index is 833. The van der Waals surface area contributed by atoms with Gasteiger partial charge in [0.25, 0.3) is 0 Å². The molecule has 0 fully saturated rings.